The molecule has 1 amide bonds. The Kier molecular flexibility index (Phi) is 5.58. The first-order valence-electron chi connectivity index (χ1n) is 7.44. The summed E-state index contributed by atoms with van der Waals surface area (Å²) in [7, 11) is 1.92. The van der Waals surface area contributed by atoms with Gasteiger partial charge >= 0.3 is 0 Å². The first kappa shape index (κ1) is 15.3. The molecule has 0 fully saturated rings. The van der Waals surface area contributed by atoms with Crippen LogP contribution < -0.4 is 10.6 Å². The third-order valence-corrected chi connectivity index (χ3v) is 3.44. The van der Waals surface area contributed by atoms with Crippen LogP contribution in [0.5, 0.6) is 0 Å². The zero-order valence-electron chi connectivity index (χ0n) is 12.7. The lowest BCUT2D eigenvalue weighted by Gasteiger charge is -2.09. The molecule has 0 bridgehead atoms. The highest BCUT2D eigenvalue weighted by atomic mass is 16.1. The van der Waals surface area contributed by atoms with Crippen molar-refractivity contribution in [1.82, 2.24) is 15.2 Å². The van der Waals surface area contributed by atoms with Gasteiger partial charge < -0.3 is 15.2 Å². The number of carbonyl (C=O) groups excluding carboxylic acids is 1. The summed E-state index contributed by atoms with van der Waals surface area (Å²) in [5.74, 6) is -0.0296. The molecular formula is C17H23N3O. The summed E-state index contributed by atoms with van der Waals surface area (Å²) < 4.78 is 1.93. The van der Waals surface area contributed by atoms with Gasteiger partial charge in [0.2, 0.25) is 0 Å². The SMILES string of the molecule is CCCNCCNC(=O)c1ccc(-c2ccccc2)n1C. The van der Waals surface area contributed by atoms with E-state index in [1.54, 1.807) is 0 Å². The summed E-state index contributed by atoms with van der Waals surface area (Å²) >= 11 is 0. The zero-order chi connectivity index (χ0) is 15.1. The van der Waals surface area contributed by atoms with Crippen LogP contribution in [0.15, 0.2) is 42.5 Å². The number of hydrogen-bond donors (Lipinski definition) is 2. The minimum absolute atomic E-state index is 0.0296. The van der Waals surface area contributed by atoms with Crippen LogP contribution in [0.2, 0.25) is 0 Å². The monoisotopic (exact) mass is 285 g/mol. The average molecular weight is 285 g/mol. The van der Waals surface area contributed by atoms with Gasteiger partial charge in [-0.25, -0.2) is 0 Å². The number of hydrogen-bond acceptors (Lipinski definition) is 2. The van der Waals surface area contributed by atoms with Crippen molar-refractivity contribution < 1.29 is 4.79 Å². The molecule has 2 aromatic rings. The molecule has 2 N–H and O–H groups in total. The Labute approximate surface area is 126 Å². The van der Waals surface area contributed by atoms with Crippen LogP contribution in [-0.2, 0) is 7.05 Å². The average Bonchev–Trinajstić information content (AvgIpc) is 2.89. The lowest BCUT2D eigenvalue weighted by Crippen LogP contribution is -2.33. The second-order valence-corrected chi connectivity index (χ2v) is 5.03. The van der Waals surface area contributed by atoms with Crippen LogP contribution in [0.25, 0.3) is 11.3 Å². The van der Waals surface area contributed by atoms with E-state index in [4.69, 9.17) is 0 Å². The molecule has 0 atom stereocenters. The Morgan fingerprint density at radius 1 is 1.05 bits per heavy atom. The van der Waals surface area contributed by atoms with Gasteiger partial charge in [-0.2, -0.15) is 0 Å². The van der Waals surface area contributed by atoms with Gasteiger partial charge in [0.05, 0.1) is 0 Å². The van der Waals surface area contributed by atoms with Gasteiger partial charge in [-0.05, 0) is 30.7 Å². The molecule has 0 saturated heterocycles. The third-order valence-electron chi connectivity index (χ3n) is 3.44. The van der Waals surface area contributed by atoms with Crippen LogP contribution in [0.4, 0.5) is 0 Å². The summed E-state index contributed by atoms with van der Waals surface area (Å²) in [5, 5.41) is 6.21. The number of nitrogens with zero attached hydrogens (tertiary/aromatic N) is 1. The van der Waals surface area contributed by atoms with Gasteiger partial charge in [-0.3, -0.25) is 4.79 Å². The largest absolute Gasteiger partial charge is 0.349 e. The molecule has 1 aromatic heterocycles. The molecule has 0 unspecified atom stereocenters. The van der Waals surface area contributed by atoms with Gasteiger partial charge in [0.15, 0.2) is 0 Å². The lowest BCUT2D eigenvalue weighted by atomic mass is 10.2. The predicted molar refractivity (Wildman–Crippen MR) is 86.3 cm³/mol. The van der Waals surface area contributed by atoms with E-state index in [1.165, 1.54) is 0 Å². The molecule has 0 aliphatic carbocycles. The Morgan fingerprint density at radius 3 is 2.52 bits per heavy atom. The lowest BCUT2D eigenvalue weighted by molar-refractivity contribution is 0.0946. The topological polar surface area (TPSA) is 46.1 Å². The Balaban J connectivity index is 1.98. The van der Waals surface area contributed by atoms with Crippen molar-refractivity contribution in [2.24, 2.45) is 7.05 Å². The third kappa shape index (κ3) is 3.95. The van der Waals surface area contributed by atoms with E-state index in [9.17, 15) is 4.79 Å². The maximum absolute atomic E-state index is 12.2. The molecule has 0 aliphatic rings. The molecular weight excluding hydrogens is 262 g/mol. The minimum Gasteiger partial charge on any atom is -0.349 e. The van der Waals surface area contributed by atoms with E-state index in [1.807, 2.05) is 54.1 Å². The number of nitrogens with one attached hydrogen (secondary N) is 2. The molecule has 112 valence electrons. The summed E-state index contributed by atoms with van der Waals surface area (Å²) in [4.78, 5) is 12.2. The second kappa shape index (κ2) is 7.64. The Bertz CT molecular complexity index is 575. The van der Waals surface area contributed by atoms with Gasteiger partial charge in [0, 0.05) is 25.8 Å². The van der Waals surface area contributed by atoms with Crippen molar-refractivity contribution in [3.8, 4) is 11.3 Å². The first-order chi connectivity index (χ1) is 10.2. The standard InChI is InChI=1S/C17H23N3O/c1-3-11-18-12-13-19-17(21)16-10-9-15(20(16)2)14-7-5-4-6-8-14/h4-10,18H,3,11-13H2,1-2H3,(H,19,21). The Hall–Kier alpha value is -2.07. The van der Waals surface area contributed by atoms with E-state index in [0.29, 0.717) is 12.2 Å². The van der Waals surface area contributed by atoms with Crippen LogP contribution in [0.3, 0.4) is 0 Å². The number of benzene rings is 1. The summed E-state index contributed by atoms with van der Waals surface area (Å²) in [6, 6.07) is 13.9. The number of rotatable bonds is 7. The van der Waals surface area contributed by atoms with E-state index >= 15 is 0 Å². The minimum atomic E-state index is -0.0296. The number of carbonyl (C=O) groups is 1. The fourth-order valence-corrected chi connectivity index (χ4v) is 2.29. The highest BCUT2D eigenvalue weighted by molar-refractivity contribution is 5.93. The molecule has 0 saturated carbocycles. The van der Waals surface area contributed by atoms with E-state index < -0.39 is 0 Å². The van der Waals surface area contributed by atoms with Gasteiger partial charge in [0.1, 0.15) is 5.69 Å². The number of amides is 1. The maximum atomic E-state index is 12.2. The smallest absolute Gasteiger partial charge is 0.267 e. The maximum Gasteiger partial charge on any atom is 0.267 e. The van der Waals surface area contributed by atoms with Gasteiger partial charge in [-0.1, -0.05) is 37.3 Å². The molecule has 0 aliphatic heterocycles. The van der Waals surface area contributed by atoms with E-state index in [0.717, 1.165) is 30.8 Å². The fourth-order valence-electron chi connectivity index (χ4n) is 2.29. The molecule has 0 spiro atoms. The van der Waals surface area contributed by atoms with Crippen LogP contribution in [0.1, 0.15) is 23.8 Å². The van der Waals surface area contributed by atoms with Crippen molar-refractivity contribution >= 4 is 5.91 Å². The van der Waals surface area contributed by atoms with Crippen molar-refractivity contribution in [3.63, 3.8) is 0 Å². The molecule has 4 nitrogen and oxygen atoms in total. The molecule has 0 radical (unpaired) electrons. The van der Waals surface area contributed by atoms with Crippen molar-refractivity contribution in [2.75, 3.05) is 19.6 Å². The summed E-state index contributed by atoms with van der Waals surface area (Å²) in [5.41, 5.74) is 2.85. The first-order valence-corrected chi connectivity index (χ1v) is 7.44. The van der Waals surface area contributed by atoms with E-state index in [-0.39, 0.29) is 5.91 Å². The molecule has 2 rings (SSSR count). The summed E-state index contributed by atoms with van der Waals surface area (Å²) in [6.45, 7) is 4.55. The zero-order valence-corrected chi connectivity index (χ0v) is 12.7. The van der Waals surface area contributed by atoms with Crippen LogP contribution in [0, 0.1) is 0 Å². The number of aromatic nitrogens is 1. The normalized spacial score (nSPS) is 10.6. The van der Waals surface area contributed by atoms with E-state index in [2.05, 4.69) is 17.6 Å². The van der Waals surface area contributed by atoms with Gasteiger partial charge in [0.25, 0.3) is 5.91 Å². The van der Waals surface area contributed by atoms with Crippen LogP contribution in [-0.4, -0.2) is 30.1 Å². The van der Waals surface area contributed by atoms with Gasteiger partial charge in [-0.15, -0.1) is 0 Å². The second-order valence-electron chi connectivity index (χ2n) is 5.03. The van der Waals surface area contributed by atoms with Crippen molar-refractivity contribution in [1.29, 1.82) is 0 Å². The predicted octanol–water partition coefficient (Wildman–Crippen LogP) is 2.42. The summed E-state index contributed by atoms with van der Waals surface area (Å²) in [6.07, 6.45) is 1.10. The highest BCUT2D eigenvalue weighted by Gasteiger charge is 2.12. The molecule has 4 heteroatoms. The Morgan fingerprint density at radius 2 is 1.81 bits per heavy atom. The molecule has 1 heterocycles. The van der Waals surface area contributed by atoms with Crippen molar-refractivity contribution in [3.05, 3.63) is 48.2 Å². The van der Waals surface area contributed by atoms with Crippen LogP contribution >= 0.6 is 0 Å². The highest BCUT2D eigenvalue weighted by Crippen LogP contribution is 2.21. The fraction of sp³-hybridized carbons (Fsp3) is 0.353. The quantitative estimate of drug-likeness (QED) is 0.767. The molecule has 1 aromatic carbocycles. The van der Waals surface area contributed by atoms with Crippen molar-refractivity contribution in [2.45, 2.75) is 13.3 Å². The molecule has 21 heavy (non-hydrogen) atoms.